The van der Waals surface area contributed by atoms with Crippen LogP contribution in [-0.4, -0.2) is 15.9 Å². The van der Waals surface area contributed by atoms with Crippen molar-refractivity contribution in [1.29, 1.82) is 5.26 Å². The highest BCUT2D eigenvalue weighted by molar-refractivity contribution is 9.10. The van der Waals surface area contributed by atoms with Crippen molar-refractivity contribution in [2.24, 2.45) is 5.10 Å². The lowest BCUT2D eigenvalue weighted by molar-refractivity contribution is 0.303. The molecule has 1 aromatic heterocycles. The Hall–Kier alpha value is -2.99. The van der Waals surface area contributed by atoms with Gasteiger partial charge in [0.2, 0.25) is 0 Å². The molecule has 0 radical (unpaired) electrons. The van der Waals surface area contributed by atoms with E-state index in [2.05, 4.69) is 50.0 Å². The minimum atomic E-state index is -0.254. The number of rotatable bonds is 8. The van der Waals surface area contributed by atoms with Gasteiger partial charge in [0, 0.05) is 27.0 Å². The van der Waals surface area contributed by atoms with E-state index in [9.17, 15) is 10.1 Å². The van der Waals surface area contributed by atoms with Crippen LogP contribution in [0.4, 0.5) is 0 Å². The zero-order chi connectivity index (χ0) is 25.7. The number of aryl methyl sites for hydroxylation is 1. The summed E-state index contributed by atoms with van der Waals surface area (Å²) < 4.78 is 8.85. The Morgan fingerprint density at radius 2 is 2.00 bits per heavy atom. The lowest BCUT2D eigenvalue weighted by atomic mass is 10.1. The first kappa shape index (κ1) is 26.1. The van der Waals surface area contributed by atoms with Crippen molar-refractivity contribution < 1.29 is 4.74 Å². The number of benzene rings is 3. The van der Waals surface area contributed by atoms with Gasteiger partial charge < -0.3 is 4.74 Å². The Morgan fingerprint density at radius 3 is 2.78 bits per heavy atom. The molecule has 0 atom stereocenters. The molecular weight excluding hydrogens is 608 g/mol. The van der Waals surface area contributed by atoms with Crippen molar-refractivity contribution in [2.75, 3.05) is 0 Å². The average Bonchev–Trinajstić information content (AvgIpc) is 2.87. The SMILES string of the molecule is CCCCc1nc2ccc(Br)cc2c(=O)n1N=Cc1cc(Cl)cc(Br)c1OCc1ccccc1C#N. The van der Waals surface area contributed by atoms with E-state index in [0.717, 1.165) is 22.9 Å². The quantitative estimate of drug-likeness (QED) is 0.193. The van der Waals surface area contributed by atoms with Gasteiger partial charge in [0.15, 0.2) is 0 Å². The second kappa shape index (κ2) is 11.8. The van der Waals surface area contributed by atoms with Gasteiger partial charge in [-0.3, -0.25) is 4.79 Å². The molecule has 0 bridgehead atoms. The first-order chi connectivity index (χ1) is 17.4. The summed E-state index contributed by atoms with van der Waals surface area (Å²) >= 11 is 13.3. The second-order valence-electron chi connectivity index (χ2n) is 8.02. The Kier molecular flexibility index (Phi) is 8.57. The van der Waals surface area contributed by atoms with Crippen LogP contribution in [0.1, 0.15) is 42.3 Å². The van der Waals surface area contributed by atoms with Crippen LogP contribution in [0, 0.1) is 11.3 Å². The molecule has 3 aromatic carbocycles. The van der Waals surface area contributed by atoms with Crippen molar-refractivity contribution in [1.82, 2.24) is 9.66 Å². The van der Waals surface area contributed by atoms with Gasteiger partial charge in [0.05, 0.1) is 33.2 Å². The predicted molar refractivity (Wildman–Crippen MR) is 150 cm³/mol. The standard InChI is InChI=1S/C27H21Br2ClN4O2/c1-2-3-8-25-33-24-10-9-20(28)12-22(24)27(35)34(25)32-15-19-11-21(30)13-23(29)26(19)36-16-18-7-5-4-6-17(18)14-31/h4-7,9-13,15H,2-3,8,16H2,1H3. The lowest BCUT2D eigenvalue weighted by Crippen LogP contribution is -2.22. The molecule has 0 aliphatic carbocycles. The Bertz CT molecular complexity index is 1560. The van der Waals surface area contributed by atoms with E-state index < -0.39 is 0 Å². The number of ether oxygens (including phenoxy) is 1. The summed E-state index contributed by atoms with van der Waals surface area (Å²) in [5, 5.41) is 14.9. The van der Waals surface area contributed by atoms with Gasteiger partial charge in [-0.25, -0.2) is 4.98 Å². The van der Waals surface area contributed by atoms with E-state index in [1.807, 2.05) is 30.3 Å². The maximum Gasteiger partial charge on any atom is 0.282 e. The fraction of sp³-hybridized carbons (Fsp3) is 0.185. The van der Waals surface area contributed by atoms with Crippen LogP contribution >= 0.6 is 43.5 Å². The largest absolute Gasteiger partial charge is 0.487 e. The summed E-state index contributed by atoms with van der Waals surface area (Å²) in [6, 6.07) is 18.3. The molecule has 4 rings (SSSR count). The lowest BCUT2D eigenvalue weighted by Gasteiger charge is -2.13. The Morgan fingerprint density at radius 1 is 1.19 bits per heavy atom. The summed E-state index contributed by atoms with van der Waals surface area (Å²) in [5.41, 5.74) is 2.25. The maximum atomic E-state index is 13.4. The molecule has 9 heteroatoms. The number of halogens is 3. The van der Waals surface area contributed by atoms with Crippen LogP contribution in [0.2, 0.25) is 5.02 Å². The smallest absolute Gasteiger partial charge is 0.282 e. The van der Waals surface area contributed by atoms with Gasteiger partial charge in [-0.1, -0.05) is 59.1 Å². The van der Waals surface area contributed by atoms with Gasteiger partial charge in [-0.05, 0) is 58.7 Å². The molecule has 0 saturated carbocycles. The van der Waals surface area contributed by atoms with Gasteiger partial charge >= 0.3 is 0 Å². The topological polar surface area (TPSA) is 80.3 Å². The van der Waals surface area contributed by atoms with E-state index in [4.69, 9.17) is 21.3 Å². The van der Waals surface area contributed by atoms with Crippen molar-refractivity contribution >= 4 is 60.6 Å². The van der Waals surface area contributed by atoms with E-state index >= 15 is 0 Å². The number of unbranched alkanes of at least 4 members (excludes halogenated alkanes) is 1. The number of fused-ring (bicyclic) bond motifs is 1. The summed E-state index contributed by atoms with van der Waals surface area (Å²) in [5.74, 6) is 1.08. The van der Waals surface area contributed by atoms with E-state index in [1.165, 1.54) is 4.68 Å². The fourth-order valence-electron chi connectivity index (χ4n) is 3.66. The van der Waals surface area contributed by atoms with Gasteiger partial charge in [0.1, 0.15) is 18.2 Å². The number of aromatic nitrogens is 2. The molecule has 0 unspecified atom stereocenters. The maximum absolute atomic E-state index is 13.4. The first-order valence-electron chi connectivity index (χ1n) is 11.3. The zero-order valence-corrected chi connectivity index (χ0v) is 23.3. The molecule has 0 amide bonds. The van der Waals surface area contributed by atoms with Crippen LogP contribution in [-0.2, 0) is 13.0 Å². The summed E-state index contributed by atoms with van der Waals surface area (Å²) in [6.07, 6.45) is 3.99. The van der Waals surface area contributed by atoms with Crippen LogP contribution in [0.5, 0.6) is 5.75 Å². The molecule has 0 aliphatic rings. The summed E-state index contributed by atoms with van der Waals surface area (Å²) in [7, 11) is 0. The number of nitriles is 1. The van der Waals surface area contributed by atoms with Crippen LogP contribution < -0.4 is 10.3 Å². The van der Waals surface area contributed by atoms with Crippen LogP contribution in [0.3, 0.4) is 0 Å². The molecular formula is C27H21Br2ClN4O2. The molecule has 36 heavy (non-hydrogen) atoms. The minimum Gasteiger partial charge on any atom is -0.487 e. The fourth-order valence-corrected chi connectivity index (χ4v) is 4.97. The first-order valence-corrected chi connectivity index (χ1v) is 13.2. The minimum absolute atomic E-state index is 0.179. The molecule has 4 aromatic rings. The highest BCUT2D eigenvalue weighted by Crippen LogP contribution is 2.33. The number of hydrogen-bond donors (Lipinski definition) is 0. The van der Waals surface area contributed by atoms with Crippen molar-refractivity contribution in [3.63, 3.8) is 0 Å². The molecule has 1 heterocycles. The van der Waals surface area contributed by atoms with E-state index in [0.29, 0.717) is 49.5 Å². The third-order valence-electron chi connectivity index (χ3n) is 5.49. The number of nitrogens with zero attached hydrogens (tertiary/aromatic N) is 4. The average molecular weight is 629 g/mol. The van der Waals surface area contributed by atoms with Gasteiger partial charge in [-0.15, -0.1) is 0 Å². The van der Waals surface area contributed by atoms with Gasteiger partial charge in [-0.2, -0.15) is 15.0 Å². The Balaban J connectivity index is 1.76. The summed E-state index contributed by atoms with van der Waals surface area (Å²) in [6.45, 7) is 2.26. The monoisotopic (exact) mass is 626 g/mol. The molecule has 0 fully saturated rings. The Labute approximate surface area is 230 Å². The highest BCUT2D eigenvalue weighted by Gasteiger charge is 2.14. The molecule has 0 N–H and O–H groups in total. The molecule has 182 valence electrons. The van der Waals surface area contributed by atoms with Crippen LogP contribution in [0.15, 0.2) is 73.4 Å². The number of hydrogen-bond acceptors (Lipinski definition) is 5. The summed E-state index contributed by atoms with van der Waals surface area (Å²) in [4.78, 5) is 18.1. The normalized spacial score (nSPS) is 11.2. The van der Waals surface area contributed by atoms with E-state index in [-0.39, 0.29) is 12.2 Å². The van der Waals surface area contributed by atoms with Crippen molar-refractivity contribution in [2.45, 2.75) is 32.8 Å². The molecule has 0 saturated heterocycles. The third kappa shape index (κ3) is 5.86. The third-order valence-corrected chi connectivity index (χ3v) is 6.79. The second-order valence-corrected chi connectivity index (χ2v) is 10.2. The van der Waals surface area contributed by atoms with E-state index in [1.54, 1.807) is 30.5 Å². The van der Waals surface area contributed by atoms with Crippen molar-refractivity contribution in [3.8, 4) is 11.8 Å². The van der Waals surface area contributed by atoms with Crippen molar-refractivity contribution in [3.05, 3.63) is 101 Å². The zero-order valence-electron chi connectivity index (χ0n) is 19.3. The molecule has 0 spiro atoms. The van der Waals surface area contributed by atoms with Gasteiger partial charge in [0.25, 0.3) is 5.56 Å². The highest BCUT2D eigenvalue weighted by atomic mass is 79.9. The predicted octanol–water partition coefficient (Wildman–Crippen LogP) is 7.25. The molecule has 6 nitrogen and oxygen atoms in total. The molecule has 0 aliphatic heterocycles. The van der Waals surface area contributed by atoms with Crippen LogP contribution in [0.25, 0.3) is 10.9 Å².